The molecule has 0 aliphatic heterocycles. The highest BCUT2D eigenvalue weighted by Crippen LogP contribution is 2.34. The Bertz CT molecular complexity index is 483. The molecule has 3 nitrogen and oxygen atoms in total. The summed E-state index contributed by atoms with van der Waals surface area (Å²) in [6, 6.07) is 3.85. The van der Waals surface area contributed by atoms with E-state index in [9.17, 15) is 4.79 Å². The second-order valence-corrected chi connectivity index (χ2v) is 6.48. The summed E-state index contributed by atoms with van der Waals surface area (Å²) in [5, 5.41) is 0.754. The topological polar surface area (TPSA) is 69.1 Å². The Kier molecular flexibility index (Phi) is 4.99. The number of nitrogens with two attached hydrogens (primary N) is 2. The molecule has 0 fully saturated rings. The van der Waals surface area contributed by atoms with Crippen molar-refractivity contribution in [3.05, 3.63) is 33.8 Å². The summed E-state index contributed by atoms with van der Waals surface area (Å²) < 4.78 is 0. The van der Waals surface area contributed by atoms with Crippen molar-refractivity contribution in [3.8, 4) is 0 Å². The fourth-order valence-electron chi connectivity index (χ4n) is 2.45. The average Bonchev–Trinajstić information content (AvgIpc) is 2.20. The lowest BCUT2D eigenvalue weighted by Crippen LogP contribution is -2.27. The third-order valence-corrected chi connectivity index (χ3v) is 3.78. The Balaban J connectivity index is 2.92. The third kappa shape index (κ3) is 4.51. The molecule has 0 heterocycles. The Morgan fingerprint density at radius 2 is 1.89 bits per heavy atom. The molecule has 0 saturated heterocycles. The number of hydrogen-bond acceptors (Lipinski definition) is 2. The highest BCUT2D eigenvalue weighted by atomic mass is 35.5. The predicted octanol–water partition coefficient (Wildman–Crippen LogP) is 3.25. The molecule has 4 N–H and O–H groups in total. The van der Waals surface area contributed by atoms with Crippen LogP contribution < -0.4 is 11.5 Å². The molecular formula is C15H23ClN2O. The summed E-state index contributed by atoms with van der Waals surface area (Å²) in [6.07, 6.45) is 1.05. The number of carbonyl (C=O) groups excluding carboxylic acids is 1. The summed E-state index contributed by atoms with van der Waals surface area (Å²) in [5.41, 5.74) is 14.5. The molecule has 0 bridgehead atoms. The van der Waals surface area contributed by atoms with E-state index in [1.165, 1.54) is 0 Å². The van der Waals surface area contributed by atoms with Crippen LogP contribution in [0.4, 0.5) is 0 Å². The molecule has 0 aromatic heterocycles. The molecule has 4 heteroatoms. The van der Waals surface area contributed by atoms with Gasteiger partial charge in [0, 0.05) is 17.5 Å². The van der Waals surface area contributed by atoms with Crippen LogP contribution in [0.15, 0.2) is 12.1 Å². The summed E-state index contributed by atoms with van der Waals surface area (Å²) in [7, 11) is 0. The van der Waals surface area contributed by atoms with Gasteiger partial charge in [-0.25, -0.2) is 0 Å². The smallest absolute Gasteiger partial charge is 0.217 e. The van der Waals surface area contributed by atoms with Gasteiger partial charge >= 0.3 is 0 Å². The third-order valence-electron chi connectivity index (χ3n) is 3.37. The van der Waals surface area contributed by atoms with E-state index in [0.29, 0.717) is 12.8 Å². The van der Waals surface area contributed by atoms with Gasteiger partial charge in [-0.1, -0.05) is 31.5 Å². The Hall–Kier alpha value is -1.06. The van der Waals surface area contributed by atoms with E-state index in [4.69, 9.17) is 23.1 Å². The first kappa shape index (κ1) is 16.0. The van der Waals surface area contributed by atoms with Crippen molar-refractivity contribution in [2.75, 3.05) is 0 Å². The van der Waals surface area contributed by atoms with E-state index >= 15 is 0 Å². The fraction of sp³-hybridized carbons (Fsp3) is 0.533. The number of benzene rings is 1. The maximum atomic E-state index is 11.1. The van der Waals surface area contributed by atoms with E-state index < -0.39 is 0 Å². The van der Waals surface area contributed by atoms with Crippen LogP contribution in [0.1, 0.15) is 49.4 Å². The SMILES string of the molecule is Cc1cc(C(N)CC(C)(C)CC(N)=O)c(C)cc1Cl. The van der Waals surface area contributed by atoms with E-state index in [1.54, 1.807) is 0 Å². The lowest BCUT2D eigenvalue weighted by atomic mass is 9.80. The van der Waals surface area contributed by atoms with Gasteiger partial charge < -0.3 is 11.5 Å². The van der Waals surface area contributed by atoms with Crippen molar-refractivity contribution in [1.82, 2.24) is 0 Å². The normalized spacial score (nSPS) is 13.4. The molecule has 0 spiro atoms. The monoisotopic (exact) mass is 282 g/mol. The van der Waals surface area contributed by atoms with Gasteiger partial charge in [-0.2, -0.15) is 0 Å². The molecule has 1 unspecified atom stereocenters. The minimum absolute atomic E-state index is 0.120. The molecule has 0 aliphatic rings. The van der Waals surface area contributed by atoms with Crippen LogP contribution in [0.3, 0.4) is 0 Å². The van der Waals surface area contributed by atoms with E-state index in [2.05, 4.69) is 0 Å². The highest BCUT2D eigenvalue weighted by Gasteiger charge is 2.25. The van der Waals surface area contributed by atoms with Crippen molar-refractivity contribution in [2.45, 2.75) is 46.6 Å². The zero-order chi connectivity index (χ0) is 14.8. The summed E-state index contributed by atoms with van der Waals surface area (Å²) >= 11 is 6.09. The molecule has 0 saturated carbocycles. The van der Waals surface area contributed by atoms with Gasteiger partial charge in [-0.05, 0) is 48.4 Å². The average molecular weight is 283 g/mol. The van der Waals surface area contributed by atoms with Gasteiger partial charge in [0.2, 0.25) is 5.91 Å². The van der Waals surface area contributed by atoms with Crippen molar-refractivity contribution in [2.24, 2.45) is 16.9 Å². The molecule has 19 heavy (non-hydrogen) atoms. The van der Waals surface area contributed by atoms with Crippen LogP contribution in [0.2, 0.25) is 5.02 Å². The van der Waals surface area contributed by atoms with Gasteiger partial charge in [0.15, 0.2) is 0 Å². The zero-order valence-electron chi connectivity index (χ0n) is 12.1. The Labute approximate surface area is 120 Å². The van der Waals surface area contributed by atoms with Gasteiger partial charge in [0.05, 0.1) is 0 Å². The molecule has 1 atom stereocenters. The predicted molar refractivity (Wildman–Crippen MR) is 80.1 cm³/mol. The largest absolute Gasteiger partial charge is 0.370 e. The maximum absolute atomic E-state index is 11.1. The first-order valence-corrected chi connectivity index (χ1v) is 6.81. The summed E-state index contributed by atoms with van der Waals surface area (Å²) in [4.78, 5) is 11.1. The van der Waals surface area contributed by atoms with Gasteiger partial charge in [0.1, 0.15) is 0 Å². The number of carbonyl (C=O) groups is 1. The summed E-state index contributed by atoms with van der Waals surface area (Å²) in [5.74, 6) is -0.291. The first-order valence-electron chi connectivity index (χ1n) is 6.43. The maximum Gasteiger partial charge on any atom is 0.217 e. The molecule has 1 aromatic carbocycles. The second kappa shape index (κ2) is 5.93. The number of halogens is 1. The van der Waals surface area contributed by atoms with Crippen molar-refractivity contribution in [1.29, 1.82) is 0 Å². The number of amides is 1. The molecule has 1 rings (SSSR count). The quantitative estimate of drug-likeness (QED) is 0.870. The molecular weight excluding hydrogens is 260 g/mol. The minimum Gasteiger partial charge on any atom is -0.370 e. The Morgan fingerprint density at radius 1 is 1.32 bits per heavy atom. The minimum atomic E-state index is -0.291. The molecule has 0 radical (unpaired) electrons. The van der Waals surface area contributed by atoms with Gasteiger partial charge in [0.25, 0.3) is 0 Å². The van der Waals surface area contributed by atoms with Crippen LogP contribution >= 0.6 is 11.6 Å². The second-order valence-electron chi connectivity index (χ2n) is 6.08. The standard InChI is InChI=1S/C15H23ClN2O/c1-9-6-12(16)10(2)5-11(9)13(17)7-15(3,4)8-14(18)19/h5-6,13H,7-8,17H2,1-4H3,(H2,18,19). The first-order chi connectivity index (χ1) is 8.62. The molecule has 1 aromatic rings. The van der Waals surface area contributed by atoms with Gasteiger partial charge in [-0.15, -0.1) is 0 Å². The highest BCUT2D eigenvalue weighted by molar-refractivity contribution is 6.31. The van der Waals surface area contributed by atoms with Crippen LogP contribution in [-0.2, 0) is 4.79 Å². The molecule has 106 valence electrons. The number of rotatable bonds is 5. The van der Waals surface area contributed by atoms with Crippen molar-refractivity contribution < 1.29 is 4.79 Å². The molecule has 1 amide bonds. The summed E-state index contributed by atoms with van der Waals surface area (Å²) in [6.45, 7) is 7.99. The van der Waals surface area contributed by atoms with E-state index in [1.807, 2.05) is 39.8 Å². The number of aryl methyl sites for hydroxylation is 2. The fourth-order valence-corrected chi connectivity index (χ4v) is 2.67. The number of primary amides is 1. The van der Waals surface area contributed by atoms with Gasteiger partial charge in [-0.3, -0.25) is 4.79 Å². The van der Waals surface area contributed by atoms with E-state index in [-0.39, 0.29) is 17.4 Å². The van der Waals surface area contributed by atoms with Crippen LogP contribution in [0.5, 0.6) is 0 Å². The van der Waals surface area contributed by atoms with Crippen molar-refractivity contribution in [3.63, 3.8) is 0 Å². The zero-order valence-corrected chi connectivity index (χ0v) is 12.8. The Morgan fingerprint density at radius 3 is 2.42 bits per heavy atom. The molecule has 0 aliphatic carbocycles. The van der Waals surface area contributed by atoms with Crippen LogP contribution in [-0.4, -0.2) is 5.91 Å². The number of hydrogen-bond donors (Lipinski definition) is 2. The van der Waals surface area contributed by atoms with Crippen LogP contribution in [0, 0.1) is 19.3 Å². The van der Waals surface area contributed by atoms with Crippen molar-refractivity contribution >= 4 is 17.5 Å². The van der Waals surface area contributed by atoms with Crippen LogP contribution in [0.25, 0.3) is 0 Å². The lowest BCUT2D eigenvalue weighted by molar-refractivity contribution is -0.120. The van der Waals surface area contributed by atoms with E-state index in [0.717, 1.165) is 21.7 Å². The lowest BCUT2D eigenvalue weighted by Gasteiger charge is -2.28.